The Balaban J connectivity index is 1.74. The minimum Gasteiger partial charge on any atom is -0.367 e. The molecular formula is C19H22FN5. The van der Waals surface area contributed by atoms with Crippen molar-refractivity contribution in [3.05, 3.63) is 42.1 Å². The van der Waals surface area contributed by atoms with Crippen molar-refractivity contribution in [1.82, 2.24) is 19.7 Å². The number of aryl methyl sites for hydroxylation is 1. The summed E-state index contributed by atoms with van der Waals surface area (Å²) >= 11 is 0. The number of fused-ring (bicyclic) bond motifs is 1. The summed E-state index contributed by atoms with van der Waals surface area (Å²) in [7, 11) is 0. The maximum absolute atomic E-state index is 13.6. The molecule has 1 saturated carbocycles. The first-order chi connectivity index (χ1) is 12.2. The fourth-order valence-corrected chi connectivity index (χ4v) is 3.63. The molecule has 5 nitrogen and oxygen atoms in total. The predicted octanol–water partition coefficient (Wildman–Crippen LogP) is 4.40. The van der Waals surface area contributed by atoms with Crippen LogP contribution in [0.5, 0.6) is 0 Å². The van der Waals surface area contributed by atoms with Crippen LogP contribution in [0.1, 0.15) is 44.2 Å². The van der Waals surface area contributed by atoms with Crippen molar-refractivity contribution in [2.45, 2.75) is 51.5 Å². The van der Waals surface area contributed by atoms with Gasteiger partial charge in [0, 0.05) is 6.04 Å². The molecule has 0 atom stereocenters. The van der Waals surface area contributed by atoms with Crippen molar-refractivity contribution >= 4 is 16.9 Å². The molecule has 130 valence electrons. The van der Waals surface area contributed by atoms with Gasteiger partial charge in [-0.1, -0.05) is 31.7 Å². The highest BCUT2D eigenvalue weighted by Gasteiger charge is 2.18. The number of nitrogens with zero attached hydrogens (tertiary/aromatic N) is 4. The summed E-state index contributed by atoms with van der Waals surface area (Å²) < 4.78 is 15.3. The zero-order valence-electron chi connectivity index (χ0n) is 14.4. The van der Waals surface area contributed by atoms with Gasteiger partial charge in [0.1, 0.15) is 18.0 Å². The number of anilines is 1. The van der Waals surface area contributed by atoms with E-state index in [1.807, 2.05) is 13.0 Å². The maximum Gasteiger partial charge on any atom is 0.168 e. The fourth-order valence-electron chi connectivity index (χ4n) is 3.63. The van der Waals surface area contributed by atoms with Crippen LogP contribution in [0.3, 0.4) is 0 Å². The van der Waals surface area contributed by atoms with Crippen LogP contribution in [-0.4, -0.2) is 25.8 Å². The van der Waals surface area contributed by atoms with Gasteiger partial charge in [0.15, 0.2) is 5.65 Å². The van der Waals surface area contributed by atoms with Gasteiger partial charge < -0.3 is 5.32 Å². The molecule has 25 heavy (non-hydrogen) atoms. The SMILES string of the molecule is Cc1nn(-c2cccc(F)c2)c2ncnc(NC3CCCCCC3)c12. The summed E-state index contributed by atoms with van der Waals surface area (Å²) in [5.74, 6) is 0.543. The first kappa shape index (κ1) is 16.0. The van der Waals surface area contributed by atoms with Gasteiger partial charge in [0.2, 0.25) is 0 Å². The fraction of sp³-hybridized carbons (Fsp3) is 0.421. The second-order valence-corrected chi connectivity index (χ2v) is 6.73. The van der Waals surface area contributed by atoms with Gasteiger partial charge in [-0.15, -0.1) is 0 Å². The molecule has 1 fully saturated rings. The lowest BCUT2D eigenvalue weighted by atomic mass is 10.1. The van der Waals surface area contributed by atoms with Crippen LogP contribution < -0.4 is 5.32 Å². The second-order valence-electron chi connectivity index (χ2n) is 6.73. The third-order valence-corrected chi connectivity index (χ3v) is 4.89. The highest BCUT2D eigenvalue weighted by Crippen LogP contribution is 2.28. The summed E-state index contributed by atoms with van der Waals surface area (Å²) in [6, 6.07) is 6.84. The number of aromatic nitrogens is 4. The molecule has 2 heterocycles. The van der Waals surface area contributed by atoms with E-state index < -0.39 is 0 Å². The Labute approximate surface area is 146 Å². The standard InChI is InChI=1S/C19H22FN5/c1-13-17-18(23-15-8-4-2-3-5-9-15)21-12-22-19(17)25(24-13)16-10-6-7-14(20)11-16/h6-7,10-12,15H,2-5,8-9H2,1H3,(H,21,22,23). The first-order valence-corrected chi connectivity index (χ1v) is 8.95. The highest BCUT2D eigenvalue weighted by atomic mass is 19.1. The highest BCUT2D eigenvalue weighted by molar-refractivity contribution is 5.90. The van der Waals surface area contributed by atoms with E-state index >= 15 is 0 Å². The molecule has 0 radical (unpaired) electrons. The van der Waals surface area contributed by atoms with Crippen molar-refractivity contribution in [2.24, 2.45) is 0 Å². The second kappa shape index (κ2) is 6.78. The molecule has 4 rings (SSSR count). The van der Waals surface area contributed by atoms with E-state index in [0.717, 1.165) is 16.9 Å². The first-order valence-electron chi connectivity index (χ1n) is 8.95. The summed E-state index contributed by atoms with van der Waals surface area (Å²) in [6.45, 7) is 1.94. The van der Waals surface area contributed by atoms with E-state index in [0.29, 0.717) is 17.4 Å². The number of halogens is 1. The lowest BCUT2D eigenvalue weighted by Gasteiger charge is -2.17. The molecule has 0 aliphatic heterocycles. The Morgan fingerprint density at radius 2 is 1.92 bits per heavy atom. The van der Waals surface area contributed by atoms with Gasteiger partial charge in [-0.3, -0.25) is 0 Å². The van der Waals surface area contributed by atoms with Gasteiger partial charge in [-0.05, 0) is 38.0 Å². The Kier molecular flexibility index (Phi) is 4.34. The van der Waals surface area contributed by atoms with E-state index in [1.54, 1.807) is 17.1 Å². The molecule has 0 spiro atoms. The maximum atomic E-state index is 13.6. The molecule has 0 amide bonds. The van der Waals surface area contributed by atoms with Crippen LogP contribution in [0, 0.1) is 12.7 Å². The Morgan fingerprint density at radius 3 is 2.68 bits per heavy atom. The van der Waals surface area contributed by atoms with E-state index in [4.69, 9.17) is 0 Å². The zero-order chi connectivity index (χ0) is 17.2. The molecule has 1 N–H and O–H groups in total. The van der Waals surface area contributed by atoms with Gasteiger partial charge in [-0.2, -0.15) is 5.10 Å². The molecule has 6 heteroatoms. The molecule has 0 saturated heterocycles. The minimum atomic E-state index is -0.287. The Hall–Kier alpha value is -2.50. The lowest BCUT2D eigenvalue weighted by molar-refractivity contribution is 0.618. The molecule has 2 aromatic heterocycles. The van der Waals surface area contributed by atoms with Gasteiger partial charge in [-0.25, -0.2) is 19.0 Å². The number of nitrogens with one attached hydrogen (secondary N) is 1. The summed E-state index contributed by atoms with van der Waals surface area (Å²) in [5, 5.41) is 9.10. The molecule has 0 bridgehead atoms. The third kappa shape index (κ3) is 3.21. The zero-order valence-corrected chi connectivity index (χ0v) is 14.4. The Morgan fingerprint density at radius 1 is 1.12 bits per heavy atom. The average Bonchev–Trinajstić information content (AvgIpc) is 2.78. The molecule has 3 aromatic rings. The monoisotopic (exact) mass is 339 g/mol. The molecule has 1 aromatic carbocycles. The molecule has 1 aliphatic carbocycles. The van der Waals surface area contributed by atoms with Crippen molar-refractivity contribution in [2.75, 3.05) is 5.32 Å². The number of benzene rings is 1. The average molecular weight is 339 g/mol. The number of rotatable bonds is 3. The largest absolute Gasteiger partial charge is 0.367 e. The molecular weight excluding hydrogens is 317 g/mol. The smallest absolute Gasteiger partial charge is 0.168 e. The predicted molar refractivity (Wildman–Crippen MR) is 96.5 cm³/mol. The quantitative estimate of drug-likeness (QED) is 0.719. The Bertz CT molecular complexity index is 881. The van der Waals surface area contributed by atoms with Crippen molar-refractivity contribution in [3.63, 3.8) is 0 Å². The summed E-state index contributed by atoms with van der Waals surface area (Å²) in [4.78, 5) is 8.87. The van der Waals surface area contributed by atoms with Crippen LogP contribution in [-0.2, 0) is 0 Å². The van der Waals surface area contributed by atoms with E-state index in [-0.39, 0.29) is 5.82 Å². The lowest BCUT2D eigenvalue weighted by Crippen LogP contribution is -2.19. The summed E-state index contributed by atoms with van der Waals surface area (Å²) in [6.07, 6.45) is 9.03. The van der Waals surface area contributed by atoms with Crippen LogP contribution in [0.15, 0.2) is 30.6 Å². The van der Waals surface area contributed by atoms with Crippen LogP contribution in [0.2, 0.25) is 0 Å². The van der Waals surface area contributed by atoms with E-state index in [2.05, 4.69) is 20.4 Å². The van der Waals surface area contributed by atoms with Crippen LogP contribution >= 0.6 is 0 Å². The van der Waals surface area contributed by atoms with Gasteiger partial charge >= 0.3 is 0 Å². The van der Waals surface area contributed by atoms with Crippen molar-refractivity contribution in [3.8, 4) is 5.69 Å². The summed E-state index contributed by atoms with van der Waals surface area (Å²) in [5.41, 5.74) is 2.21. The normalized spacial score (nSPS) is 16.1. The topological polar surface area (TPSA) is 55.6 Å². The van der Waals surface area contributed by atoms with Gasteiger partial charge in [0.25, 0.3) is 0 Å². The van der Waals surface area contributed by atoms with Crippen molar-refractivity contribution < 1.29 is 4.39 Å². The van der Waals surface area contributed by atoms with Gasteiger partial charge in [0.05, 0.1) is 16.8 Å². The van der Waals surface area contributed by atoms with Crippen molar-refractivity contribution in [1.29, 1.82) is 0 Å². The number of hydrogen-bond acceptors (Lipinski definition) is 4. The van der Waals surface area contributed by atoms with E-state index in [9.17, 15) is 4.39 Å². The van der Waals surface area contributed by atoms with E-state index in [1.165, 1.54) is 50.7 Å². The minimum absolute atomic E-state index is 0.287. The molecule has 0 unspecified atom stereocenters. The number of hydrogen-bond donors (Lipinski definition) is 1. The third-order valence-electron chi connectivity index (χ3n) is 4.89. The van der Waals surface area contributed by atoms with Crippen LogP contribution in [0.25, 0.3) is 16.7 Å². The van der Waals surface area contributed by atoms with Crippen LogP contribution in [0.4, 0.5) is 10.2 Å². The molecule has 1 aliphatic rings.